The van der Waals surface area contributed by atoms with Crippen molar-refractivity contribution in [2.45, 2.75) is 43.5 Å². The van der Waals surface area contributed by atoms with Crippen LogP contribution in [0.25, 0.3) is 0 Å². The molecule has 1 heterocycles. The molecule has 100 valence electrons. The number of hydrogen-bond acceptors (Lipinski definition) is 3. The Morgan fingerprint density at radius 1 is 1.39 bits per heavy atom. The number of nitrogen functional groups attached to an aromatic ring is 1. The monoisotopic (exact) mass is 264 g/mol. The molecular formula is C15H24N2S. The molecule has 1 atom stereocenters. The van der Waals surface area contributed by atoms with Gasteiger partial charge in [0.2, 0.25) is 0 Å². The molecule has 0 saturated carbocycles. The number of aryl methyl sites for hydroxylation is 1. The van der Waals surface area contributed by atoms with Crippen molar-refractivity contribution < 1.29 is 0 Å². The molecule has 1 aliphatic rings. The largest absolute Gasteiger partial charge is 0.398 e. The fraction of sp³-hybridized carbons (Fsp3) is 0.600. The van der Waals surface area contributed by atoms with E-state index in [0.29, 0.717) is 0 Å². The Kier molecular flexibility index (Phi) is 4.95. The minimum Gasteiger partial charge on any atom is -0.398 e. The molecule has 3 heteroatoms. The highest BCUT2D eigenvalue weighted by Gasteiger charge is 2.18. The third kappa shape index (κ3) is 3.66. The Labute approximate surface area is 115 Å². The van der Waals surface area contributed by atoms with E-state index in [4.69, 9.17) is 5.73 Å². The van der Waals surface area contributed by atoms with Gasteiger partial charge in [-0.25, -0.2) is 0 Å². The molecule has 0 bridgehead atoms. The predicted molar refractivity (Wildman–Crippen MR) is 81.2 cm³/mol. The number of piperidine rings is 1. The summed E-state index contributed by atoms with van der Waals surface area (Å²) in [6, 6.07) is 7.14. The highest BCUT2D eigenvalue weighted by molar-refractivity contribution is 7.99. The van der Waals surface area contributed by atoms with Crippen LogP contribution < -0.4 is 5.73 Å². The van der Waals surface area contributed by atoms with E-state index in [2.05, 4.69) is 37.1 Å². The molecule has 1 unspecified atom stereocenters. The lowest BCUT2D eigenvalue weighted by atomic mass is 10.0. The van der Waals surface area contributed by atoms with Gasteiger partial charge >= 0.3 is 0 Å². The van der Waals surface area contributed by atoms with E-state index >= 15 is 0 Å². The third-order valence-electron chi connectivity index (χ3n) is 3.80. The number of benzene rings is 1. The second-order valence-electron chi connectivity index (χ2n) is 5.31. The summed E-state index contributed by atoms with van der Waals surface area (Å²) in [5.41, 5.74) is 8.20. The molecule has 2 nitrogen and oxygen atoms in total. The molecular weight excluding hydrogens is 240 g/mol. The Hall–Kier alpha value is -0.670. The number of rotatable bonds is 4. The Morgan fingerprint density at radius 2 is 2.22 bits per heavy atom. The van der Waals surface area contributed by atoms with Crippen LogP contribution in [0.3, 0.4) is 0 Å². The van der Waals surface area contributed by atoms with Gasteiger partial charge in [0.15, 0.2) is 0 Å². The average molecular weight is 264 g/mol. The second-order valence-corrected chi connectivity index (χ2v) is 6.45. The van der Waals surface area contributed by atoms with E-state index in [1.165, 1.54) is 48.4 Å². The number of nitrogens with zero attached hydrogens (tertiary/aromatic N) is 1. The van der Waals surface area contributed by atoms with Crippen LogP contribution in [0.5, 0.6) is 0 Å². The summed E-state index contributed by atoms with van der Waals surface area (Å²) >= 11 is 1.90. The maximum absolute atomic E-state index is 6.04. The summed E-state index contributed by atoms with van der Waals surface area (Å²) in [5, 5.41) is 0. The molecule has 1 aromatic rings. The maximum atomic E-state index is 6.04. The van der Waals surface area contributed by atoms with Crippen LogP contribution in [0.2, 0.25) is 0 Å². The standard InChI is InChI=1S/C15H24N2S/c1-12-6-7-15(14(16)11-12)18-10-8-13-5-3-4-9-17(13)2/h6-7,11,13H,3-5,8-10,16H2,1-2H3. The van der Waals surface area contributed by atoms with Gasteiger partial charge in [0.25, 0.3) is 0 Å². The van der Waals surface area contributed by atoms with Crippen LogP contribution in [-0.4, -0.2) is 30.3 Å². The van der Waals surface area contributed by atoms with Crippen molar-refractivity contribution in [3.8, 4) is 0 Å². The maximum Gasteiger partial charge on any atom is 0.0454 e. The smallest absolute Gasteiger partial charge is 0.0454 e. The Bertz CT molecular complexity index is 392. The molecule has 0 aromatic heterocycles. The number of anilines is 1. The van der Waals surface area contributed by atoms with Crippen molar-refractivity contribution in [1.82, 2.24) is 4.90 Å². The first kappa shape index (κ1) is 13.8. The van der Waals surface area contributed by atoms with Crippen molar-refractivity contribution in [1.29, 1.82) is 0 Å². The van der Waals surface area contributed by atoms with E-state index in [9.17, 15) is 0 Å². The predicted octanol–water partition coefficient (Wildman–Crippen LogP) is 3.54. The van der Waals surface area contributed by atoms with Gasteiger partial charge in [0.05, 0.1) is 0 Å². The molecule has 0 amide bonds. The highest BCUT2D eigenvalue weighted by atomic mass is 32.2. The van der Waals surface area contributed by atoms with Gasteiger partial charge in [-0.3, -0.25) is 0 Å². The van der Waals surface area contributed by atoms with Crippen molar-refractivity contribution in [2.24, 2.45) is 0 Å². The zero-order valence-corrected chi connectivity index (χ0v) is 12.3. The molecule has 1 saturated heterocycles. The fourth-order valence-corrected chi connectivity index (χ4v) is 3.61. The molecule has 1 aliphatic heterocycles. The Balaban J connectivity index is 1.81. The van der Waals surface area contributed by atoms with E-state index in [0.717, 1.165) is 11.7 Å². The van der Waals surface area contributed by atoms with Gasteiger partial charge < -0.3 is 10.6 Å². The van der Waals surface area contributed by atoms with Gasteiger partial charge in [-0.1, -0.05) is 12.5 Å². The summed E-state index contributed by atoms with van der Waals surface area (Å²) in [7, 11) is 2.26. The molecule has 2 N–H and O–H groups in total. The van der Waals surface area contributed by atoms with Gasteiger partial charge in [0, 0.05) is 16.6 Å². The number of hydrogen-bond donors (Lipinski definition) is 1. The lowest BCUT2D eigenvalue weighted by Gasteiger charge is -2.32. The first-order chi connectivity index (χ1) is 8.66. The number of likely N-dealkylation sites (tertiary alicyclic amines) is 1. The van der Waals surface area contributed by atoms with Crippen molar-refractivity contribution >= 4 is 17.4 Å². The second kappa shape index (κ2) is 6.48. The van der Waals surface area contributed by atoms with Crippen LogP contribution in [0, 0.1) is 6.92 Å². The molecule has 18 heavy (non-hydrogen) atoms. The quantitative estimate of drug-likeness (QED) is 0.666. The first-order valence-corrected chi connectivity index (χ1v) is 7.84. The molecule has 0 radical (unpaired) electrons. The van der Waals surface area contributed by atoms with Crippen molar-refractivity contribution in [2.75, 3.05) is 25.1 Å². The summed E-state index contributed by atoms with van der Waals surface area (Å²) < 4.78 is 0. The van der Waals surface area contributed by atoms with Crippen LogP contribution in [-0.2, 0) is 0 Å². The van der Waals surface area contributed by atoms with Crippen molar-refractivity contribution in [3.05, 3.63) is 23.8 Å². The summed E-state index contributed by atoms with van der Waals surface area (Å²) in [6.07, 6.45) is 5.40. The third-order valence-corrected chi connectivity index (χ3v) is 4.92. The van der Waals surface area contributed by atoms with E-state index < -0.39 is 0 Å². The van der Waals surface area contributed by atoms with Crippen molar-refractivity contribution in [3.63, 3.8) is 0 Å². The number of nitrogens with two attached hydrogens (primary N) is 1. The summed E-state index contributed by atoms with van der Waals surface area (Å²) in [4.78, 5) is 3.75. The lowest BCUT2D eigenvalue weighted by Crippen LogP contribution is -2.36. The minimum atomic E-state index is 0.776. The average Bonchev–Trinajstić information content (AvgIpc) is 2.34. The van der Waals surface area contributed by atoms with Crippen LogP contribution in [0.1, 0.15) is 31.2 Å². The Morgan fingerprint density at radius 3 is 2.94 bits per heavy atom. The van der Waals surface area contributed by atoms with E-state index in [1.807, 2.05) is 11.8 Å². The van der Waals surface area contributed by atoms with E-state index in [1.54, 1.807) is 0 Å². The van der Waals surface area contributed by atoms with E-state index in [-0.39, 0.29) is 0 Å². The highest BCUT2D eigenvalue weighted by Crippen LogP contribution is 2.28. The molecule has 0 spiro atoms. The summed E-state index contributed by atoms with van der Waals surface area (Å²) in [6.45, 7) is 3.35. The molecule has 2 rings (SSSR count). The molecule has 1 fully saturated rings. The summed E-state index contributed by atoms with van der Waals surface area (Å²) in [5.74, 6) is 1.17. The lowest BCUT2D eigenvalue weighted by molar-refractivity contribution is 0.182. The molecule has 1 aromatic carbocycles. The van der Waals surface area contributed by atoms with Crippen LogP contribution >= 0.6 is 11.8 Å². The first-order valence-electron chi connectivity index (χ1n) is 6.86. The number of thioether (sulfide) groups is 1. The van der Waals surface area contributed by atoms with Gasteiger partial charge in [-0.15, -0.1) is 11.8 Å². The normalized spacial score (nSPS) is 21.1. The van der Waals surface area contributed by atoms with Gasteiger partial charge in [0.1, 0.15) is 0 Å². The fourth-order valence-electron chi connectivity index (χ4n) is 2.61. The topological polar surface area (TPSA) is 29.3 Å². The SMILES string of the molecule is Cc1ccc(SCCC2CCCCN2C)c(N)c1. The molecule has 0 aliphatic carbocycles. The minimum absolute atomic E-state index is 0.776. The zero-order chi connectivity index (χ0) is 13.0. The van der Waals surface area contributed by atoms with Crippen LogP contribution in [0.4, 0.5) is 5.69 Å². The zero-order valence-electron chi connectivity index (χ0n) is 11.5. The van der Waals surface area contributed by atoms with Crippen LogP contribution in [0.15, 0.2) is 23.1 Å². The van der Waals surface area contributed by atoms with Gasteiger partial charge in [-0.05, 0) is 63.2 Å². The van der Waals surface area contributed by atoms with Gasteiger partial charge in [-0.2, -0.15) is 0 Å².